The number of nitrogens with one attached hydrogen (secondary N) is 1. The molecule has 16 heteroatoms. The summed E-state index contributed by atoms with van der Waals surface area (Å²) in [5.41, 5.74) is -0.0137. The number of unbranched alkanes of at least 4 members (excludes halogenated alkanes) is 2. The van der Waals surface area contributed by atoms with E-state index in [1.165, 1.54) is 64.3 Å². The smallest absolute Gasteiger partial charge is 0.312 e. The molecule has 3 heterocycles. The number of phenols is 2. The van der Waals surface area contributed by atoms with Gasteiger partial charge in [-0.25, -0.2) is 5.01 Å². The van der Waals surface area contributed by atoms with E-state index in [9.17, 15) is 39.6 Å². The standard InChI is InChI=1S/C48H69N3O13/c1-13-15-21-51(22-16-14-2)50(11)36(53)25-61-35-24-33-43(57)38-37(35)39-45(31(8)42(38)56)64-48(10,46(39)58)62-23-20-34(60-12)28(5)44(63-32(9)52)30(7)41(55)29(6)40(54)26(3)18-17-19-27(4)47(59)49-33/h17-20,23-24,26,28-30,34,40-41,44,54-57H,13-16,21-22,25H2,1-12H3,(H,49,59). The number of carbonyl (C=O) groups is 4. The van der Waals surface area contributed by atoms with Crippen molar-refractivity contribution in [1.82, 2.24) is 10.0 Å². The Labute approximate surface area is 376 Å². The van der Waals surface area contributed by atoms with Gasteiger partial charge in [0.1, 0.15) is 23.4 Å². The molecule has 3 aliphatic rings. The second-order valence-corrected chi connectivity index (χ2v) is 17.3. The molecule has 64 heavy (non-hydrogen) atoms. The van der Waals surface area contributed by atoms with Gasteiger partial charge in [-0.2, -0.15) is 0 Å². The Morgan fingerprint density at radius 3 is 2.16 bits per heavy atom. The van der Waals surface area contributed by atoms with E-state index in [-0.39, 0.29) is 44.7 Å². The number of allylic oxidation sites excluding steroid dienone is 2. The number of carbonyl (C=O) groups excluding carboxylic acids is 4. The molecule has 9 unspecified atom stereocenters. The van der Waals surface area contributed by atoms with Gasteiger partial charge < -0.3 is 49.4 Å². The number of hydrazine groups is 1. The van der Waals surface area contributed by atoms with Gasteiger partial charge >= 0.3 is 11.8 Å². The predicted molar refractivity (Wildman–Crippen MR) is 242 cm³/mol. The number of Topliss-reactive ketones (excluding diaryl/α,β-unsaturated/α-hetero) is 1. The van der Waals surface area contributed by atoms with Crippen molar-refractivity contribution in [1.29, 1.82) is 0 Å². The van der Waals surface area contributed by atoms with Gasteiger partial charge in [0.25, 0.3) is 17.6 Å². The van der Waals surface area contributed by atoms with Crippen LogP contribution in [0.15, 0.2) is 42.2 Å². The first-order valence-electron chi connectivity index (χ1n) is 22.2. The van der Waals surface area contributed by atoms with E-state index in [1.54, 1.807) is 46.9 Å². The molecular weight excluding hydrogens is 827 g/mol. The van der Waals surface area contributed by atoms with Crippen LogP contribution in [0.3, 0.4) is 0 Å². The molecule has 2 amide bonds. The Morgan fingerprint density at radius 1 is 0.922 bits per heavy atom. The Bertz CT molecular complexity index is 2110. The molecule has 16 nitrogen and oxygen atoms in total. The Balaban J connectivity index is 1.91. The third-order valence-electron chi connectivity index (χ3n) is 12.5. The minimum atomic E-state index is -2.04. The maximum atomic E-state index is 14.6. The zero-order chi connectivity index (χ0) is 47.8. The highest BCUT2D eigenvalue weighted by Crippen LogP contribution is 2.54. The van der Waals surface area contributed by atoms with E-state index in [1.807, 2.05) is 5.01 Å². The van der Waals surface area contributed by atoms with Gasteiger partial charge in [0.2, 0.25) is 0 Å². The second kappa shape index (κ2) is 22.2. The molecule has 0 saturated carbocycles. The third-order valence-corrected chi connectivity index (χ3v) is 12.5. The molecular formula is C48H69N3O13. The number of likely N-dealkylation sites (N-methyl/N-ethyl adjacent to an activating group) is 1. The van der Waals surface area contributed by atoms with Gasteiger partial charge in [-0.1, -0.05) is 72.6 Å². The van der Waals surface area contributed by atoms with E-state index in [0.717, 1.165) is 25.7 Å². The molecule has 0 saturated heterocycles. The fourth-order valence-electron chi connectivity index (χ4n) is 8.23. The number of amides is 2. The molecule has 5 rings (SSSR count). The second-order valence-electron chi connectivity index (χ2n) is 17.3. The first-order chi connectivity index (χ1) is 30.1. The van der Waals surface area contributed by atoms with Crippen LogP contribution in [0.4, 0.5) is 5.69 Å². The van der Waals surface area contributed by atoms with Crippen LogP contribution in [0.1, 0.15) is 104 Å². The number of ketones is 1. The largest absolute Gasteiger partial charge is 0.507 e. The monoisotopic (exact) mass is 895 g/mol. The number of rotatable bonds is 12. The minimum Gasteiger partial charge on any atom is -0.507 e. The summed E-state index contributed by atoms with van der Waals surface area (Å²) < 4.78 is 30.0. The van der Waals surface area contributed by atoms with Crippen molar-refractivity contribution in [3.05, 3.63) is 53.3 Å². The summed E-state index contributed by atoms with van der Waals surface area (Å²) in [6, 6.07) is 1.28. The average molecular weight is 896 g/mol. The van der Waals surface area contributed by atoms with E-state index < -0.39 is 95.5 Å². The van der Waals surface area contributed by atoms with Gasteiger partial charge in [-0.15, -0.1) is 0 Å². The number of aliphatic hydroxyl groups excluding tert-OH is 2. The van der Waals surface area contributed by atoms with Crippen molar-refractivity contribution < 1.29 is 63.3 Å². The lowest BCUT2D eigenvalue weighted by Crippen LogP contribution is -2.46. The molecule has 0 aliphatic carbocycles. The summed E-state index contributed by atoms with van der Waals surface area (Å²) in [7, 11) is 3.10. The SMILES string of the molecule is CCCCN(CCCC)N(C)C(=O)COc1cc2c(O)c3c(O)c(C)c4c(c13)C(=O)C(C)(OC=CC(OC)C(C)C(OC(C)=O)C(C)C(O)C(C)C(O)C(C)C=CC=C(C)C(=O)N2)O4. The van der Waals surface area contributed by atoms with Crippen molar-refractivity contribution in [2.75, 3.05) is 39.2 Å². The van der Waals surface area contributed by atoms with Gasteiger partial charge in [0.05, 0.1) is 41.2 Å². The zero-order valence-corrected chi connectivity index (χ0v) is 39.4. The molecule has 0 radical (unpaired) electrons. The normalized spacial score (nSPS) is 26.7. The van der Waals surface area contributed by atoms with Gasteiger partial charge in [0, 0.05) is 87.4 Å². The Morgan fingerprint density at radius 2 is 1.56 bits per heavy atom. The van der Waals surface area contributed by atoms with Crippen LogP contribution >= 0.6 is 0 Å². The van der Waals surface area contributed by atoms with Crippen molar-refractivity contribution in [2.45, 2.75) is 125 Å². The van der Waals surface area contributed by atoms with Crippen molar-refractivity contribution in [3.63, 3.8) is 0 Å². The molecule has 5 bridgehead atoms. The molecule has 0 spiro atoms. The predicted octanol–water partition coefficient (Wildman–Crippen LogP) is 6.70. The number of aliphatic hydroxyl groups is 2. The van der Waals surface area contributed by atoms with Crippen LogP contribution in [0, 0.1) is 30.6 Å². The quantitative estimate of drug-likeness (QED) is 0.0852. The lowest BCUT2D eigenvalue weighted by molar-refractivity contribution is -0.160. The van der Waals surface area contributed by atoms with Gasteiger partial charge in [-0.05, 0) is 32.8 Å². The number of fused-ring (bicyclic) bond motifs is 14. The summed E-state index contributed by atoms with van der Waals surface area (Å²) in [6.07, 6.45) is 7.20. The van der Waals surface area contributed by atoms with Crippen molar-refractivity contribution >= 4 is 40.0 Å². The fourth-order valence-corrected chi connectivity index (χ4v) is 8.23. The molecule has 3 aliphatic heterocycles. The lowest BCUT2D eigenvalue weighted by Gasteiger charge is -2.38. The highest BCUT2D eigenvalue weighted by atomic mass is 16.7. The van der Waals surface area contributed by atoms with Gasteiger partial charge in [-0.3, -0.25) is 24.2 Å². The first kappa shape index (κ1) is 51.5. The van der Waals surface area contributed by atoms with Crippen LogP contribution in [-0.2, 0) is 28.6 Å². The maximum absolute atomic E-state index is 14.6. The Kier molecular flexibility index (Phi) is 17.8. The fraction of sp³-hybridized carbons (Fsp3) is 0.583. The maximum Gasteiger partial charge on any atom is 0.312 e. The zero-order valence-electron chi connectivity index (χ0n) is 39.4. The molecule has 9 atom stereocenters. The number of benzene rings is 2. The van der Waals surface area contributed by atoms with E-state index in [4.69, 9.17) is 23.7 Å². The number of esters is 1. The number of methoxy groups -OCH3 is 1. The molecule has 0 fully saturated rings. The van der Waals surface area contributed by atoms with Crippen LogP contribution < -0.4 is 14.8 Å². The molecule has 2 aromatic carbocycles. The molecule has 5 N–H and O–H groups in total. The number of aromatic hydroxyl groups is 2. The van der Waals surface area contributed by atoms with Gasteiger partial charge in [0.15, 0.2) is 12.4 Å². The summed E-state index contributed by atoms with van der Waals surface area (Å²) in [5.74, 6) is -8.10. The molecule has 0 aromatic heterocycles. The van der Waals surface area contributed by atoms with Crippen LogP contribution in [0.2, 0.25) is 0 Å². The summed E-state index contributed by atoms with van der Waals surface area (Å²) in [5, 5.41) is 52.3. The van der Waals surface area contributed by atoms with Crippen LogP contribution in [0.5, 0.6) is 23.0 Å². The Hall–Kier alpha value is -5.16. The summed E-state index contributed by atoms with van der Waals surface area (Å²) >= 11 is 0. The molecule has 354 valence electrons. The number of anilines is 1. The summed E-state index contributed by atoms with van der Waals surface area (Å²) in [4.78, 5) is 54.5. The number of ether oxygens (including phenoxy) is 5. The number of hydrogen-bond donors (Lipinski definition) is 5. The highest BCUT2D eigenvalue weighted by molar-refractivity contribution is 6.21. The summed E-state index contributed by atoms with van der Waals surface area (Å²) in [6.45, 7) is 17.5. The number of hydrogen-bond acceptors (Lipinski definition) is 14. The van der Waals surface area contributed by atoms with Crippen molar-refractivity contribution in [3.8, 4) is 23.0 Å². The number of phenolic OH excluding ortho intramolecular Hbond substituents is 2. The van der Waals surface area contributed by atoms with E-state index >= 15 is 0 Å². The molecule has 2 aromatic rings. The average Bonchev–Trinajstić information content (AvgIpc) is 3.53. The minimum absolute atomic E-state index is 0.0586. The lowest BCUT2D eigenvalue weighted by atomic mass is 9.78. The number of nitrogens with zero attached hydrogens (tertiary/aromatic N) is 2. The highest BCUT2D eigenvalue weighted by Gasteiger charge is 2.50. The van der Waals surface area contributed by atoms with E-state index in [0.29, 0.717) is 13.1 Å². The van der Waals surface area contributed by atoms with E-state index in [2.05, 4.69) is 19.2 Å². The van der Waals surface area contributed by atoms with Crippen LogP contribution in [-0.4, -0.2) is 118 Å². The topological polar surface area (TPSA) is 214 Å². The first-order valence-corrected chi connectivity index (χ1v) is 22.2. The van der Waals surface area contributed by atoms with Crippen molar-refractivity contribution in [2.24, 2.45) is 23.7 Å². The van der Waals surface area contributed by atoms with Crippen LogP contribution in [0.25, 0.3) is 10.8 Å². The third kappa shape index (κ3) is 11.2.